The standard InChI is InChI=1S/C8H6F3NOS/c9-8(10,11)6-3-4(13)1-2-5(6)7(12)14/h1-3,13H,(H2,12,14). The fourth-order valence-corrected chi connectivity index (χ4v) is 1.16. The van der Waals surface area contributed by atoms with Gasteiger partial charge in [-0.3, -0.25) is 0 Å². The molecule has 0 aliphatic carbocycles. The van der Waals surface area contributed by atoms with Gasteiger partial charge in [0, 0.05) is 5.56 Å². The molecule has 2 nitrogen and oxygen atoms in total. The van der Waals surface area contributed by atoms with Gasteiger partial charge in [0.05, 0.1) is 5.56 Å². The number of nitrogens with two attached hydrogens (primary N) is 1. The molecule has 6 heteroatoms. The summed E-state index contributed by atoms with van der Waals surface area (Å²) in [6.07, 6.45) is -4.57. The second kappa shape index (κ2) is 3.45. The Balaban J connectivity index is 3.38. The summed E-state index contributed by atoms with van der Waals surface area (Å²) in [6.45, 7) is 0. The van der Waals surface area contributed by atoms with Gasteiger partial charge < -0.3 is 10.8 Å². The number of phenolic OH excluding ortho intramolecular Hbond substituents is 1. The van der Waals surface area contributed by atoms with E-state index in [-0.39, 0.29) is 10.6 Å². The molecule has 1 aromatic rings. The molecule has 0 spiro atoms. The SMILES string of the molecule is NC(=S)c1ccc(O)cc1C(F)(F)F. The largest absolute Gasteiger partial charge is 0.508 e. The molecular weight excluding hydrogens is 215 g/mol. The maximum absolute atomic E-state index is 12.4. The number of rotatable bonds is 1. The molecule has 0 aromatic heterocycles. The van der Waals surface area contributed by atoms with Crippen molar-refractivity contribution < 1.29 is 18.3 Å². The summed E-state index contributed by atoms with van der Waals surface area (Å²) in [5.74, 6) is -0.475. The van der Waals surface area contributed by atoms with Crippen LogP contribution in [0.2, 0.25) is 0 Å². The smallest absolute Gasteiger partial charge is 0.417 e. The molecule has 0 aliphatic rings. The molecule has 0 atom stereocenters. The van der Waals surface area contributed by atoms with Gasteiger partial charge in [0.25, 0.3) is 0 Å². The van der Waals surface area contributed by atoms with Crippen LogP contribution in [0.4, 0.5) is 13.2 Å². The minimum absolute atomic E-state index is 0.287. The van der Waals surface area contributed by atoms with E-state index in [1.165, 1.54) is 0 Å². The van der Waals surface area contributed by atoms with Crippen LogP contribution in [0.25, 0.3) is 0 Å². The molecule has 0 fully saturated rings. The summed E-state index contributed by atoms with van der Waals surface area (Å²) in [5, 5.41) is 8.90. The lowest BCUT2D eigenvalue weighted by atomic mass is 10.1. The zero-order chi connectivity index (χ0) is 10.9. The van der Waals surface area contributed by atoms with Crippen LogP contribution in [0.5, 0.6) is 5.75 Å². The number of hydrogen-bond donors (Lipinski definition) is 2. The summed E-state index contributed by atoms with van der Waals surface area (Å²) in [6, 6.07) is 2.73. The first kappa shape index (κ1) is 10.8. The second-order valence-corrected chi connectivity index (χ2v) is 3.03. The van der Waals surface area contributed by atoms with Gasteiger partial charge in [0.2, 0.25) is 0 Å². The summed E-state index contributed by atoms with van der Waals surface area (Å²) in [7, 11) is 0. The van der Waals surface area contributed by atoms with E-state index in [1.807, 2.05) is 0 Å². The molecule has 1 rings (SSSR count). The van der Waals surface area contributed by atoms with Gasteiger partial charge in [-0.2, -0.15) is 13.2 Å². The maximum atomic E-state index is 12.4. The topological polar surface area (TPSA) is 46.2 Å². The number of thiocarbonyl (C=S) groups is 1. The predicted molar refractivity (Wildman–Crippen MR) is 49.0 cm³/mol. The number of halogens is 3. The van der Waals surface area contributed by atoms with E-state index in [0.29, 0.717) is 6.07 Å². The van der Waals surface area contributed by atoms with Gasteiger partial charge in [0.15, 0.2) is 0 Å². The van der Waals surface area contributed by atoms with Crippen molar-refractivity contribution in [2.24, 2.45) is 5.73 Å². The minimum Gasteiger partial charge on any atom is -0.508 e. The Hall–Kier alpha value is -1.30. The molecule has 3 N–H and O–H groups in total. The number of phenols is 1. The summed E-state index contributed by atoms with van der Waals surface area (Å²) >= 11 is 4.46. The third kappa shape index (κ3) is 2.14. The molecule has 0 bridgehead atoms. The van der Waals surface area contributed by atoms with Gasteiger partial charge in [-0.15, -0.1) is 0 Å². The van der Waals surface area contributed by atoms with Crippen LogP contribution in [0.1, 0.15) is 11.1 Å². The van der Waals surface area contributed by atoms with E-state index < -0.39 is 17.5 Å². The number of hydrogen-bond acceptors (Lipinski definition) is 2. The van der Waals surface area contributed by atoms with Gasteiger partial charge in [0.1, 0.15) is 10.7 Å². The van der Waals surface area contributed by atoms with Crippen molar-refractivity contribution in [3.63, 3.8) is 0 Å². The van der Waals surface area contributed by atoms with Crippen molar-refractivity contribution in [2.75, 3.05) is 0 Å². The Bertz CT molecular complexity index is 375. The lowest BCUT2D eigenvalue weighted by molar-refractivity contribution is -0.137. The summed E-state index contributed by atoms with van der Waals surface area (Å²) < 4.78 is 37.1. The molecule has 0 saturated heterocycles. The molecule has 1 aromatic carbocycles. The zero-order valence-corrected chi connectivity index (χ0v) is 7.62. The number of benzene rings is 1. The van der Waals surface area contributed by atoms with E-state index in [0.717, 1.165) is 12.1 Å². The number of alkyl halides is 3. The molecule has 14 heavy (non-hydrogen) atoms. The summed E-state index contributed by atoms with van der Waals surface area (Å²) in [5.41, 5.74) is 3.80. The monoisotopic (exact) mass is 221 g/mol. The average molecular weight is 221 g/mol. The van der Waals surface area contributed by atoms with E-state index >= 15 is 0 Å². The van der Waals surface area contributed by atoms with E-state index in [1.54, 1.807) is 0 Å². The van der Waals surface area contributed by atoms with E-state index in [9.17, 15) is 13.2 Å². The maximum Gasteiger partial charge on any atom is 0.417 e. The highest BCUT2D eigenvalue weighted by molar-refractivity contribution is 7.80. The zero-order valence-electron chi connectivity index (χ0n) is 6.80. The highest BCUT2D eigenvalue weighted by atomic mass is 32.1. The van der Waals surface area contributed by atoms with Gasteiger partial charge in [-0.05, 0) is 18.2 Å². The third-order valence-electron chi connectivity index (χ3n) is 1.57. The van der Waals surface area contributed by atoms with Crippen molar-refractivity contribution in [1.29, 1.82) is 0 Å². The Morgan fingerprint density at radius 3 is 2.36 bits per heavy atom. The molecule has 76 valence electrons. The fraction of sp³-hybridized carbons (Fsp3) is 0.125. The fourth-order valence-electron chi connectivity index (χ4n) is 0.982. The van der Waals surface area contributed by atoms with Crippen LogP contribution in [0.3, 0.4) is 0 Å². The van der Waals surface area contributed by atoms with Crippen molar-refractivity contribution in [3.8, 4) is 5.75 Å². The predicted octanol–water partition coefficient (Wildman–Crippen LogP) is 2.05. The molecule has 0 amide bonds. The lowest BCUT2D eigenvalue weighted by Gasteiger charge is -2.11. The average Bonchev–Trinajstić information content (AvgIpc) is 2.01. The second-order valence-electron chi connectivity index (χ2n) is 2.59. The van der Waals surface area contributed by atoms with Crippen LogP contribution >= 0.6 is 12.2 Å². The van der Waals surface area contributed by atoms with Crippen molar-refractivity contribution in [3.05, 3.63) is 29.3 Å². The van der Waals surface area contributed by atoms with E-state index in [2.05, 4.69) is 12.2 Å². The first-order valence-electron chi connectivity index (χ1n) is 3.52. The molecule has 0 heterocycles. The van der Waals surface area contributed by atoms with Crippen LogP contribution in [-0.2, 0) is 6.18 Å². The highest BCUT2D eigenvalue weighted by Gasteiger charge is 2.34. The Morgan fingerprint density at radius 2 is 1.93 bits per heavy atom. The van der Waals surface area contributed by atoms with Gasteiger partial charge in [-0.25, -0.2) is 0 Å². The van der Waals surface area contributed by atoms with Crippen LogP contribution < -0.4 is 5.73 Å². The highest BCUT2D eigenvalue weighted by Crippen LogP contribution is 2.33. The Labute approximate surface area is 83.2 Å². The van der Waals surface area contributed by atoms with Crippen molar-refractivity contribution in [1.82, 2.24) is 0 Å². The molecule has 0 saturated carbocycles. The van der Waals surface area contributed by atoms with Crippen molar-refractivity contribution >= 4 is 17.2 Å². The molecule has 0 radical (unpaired) electrons. The quantitative estimate of drug-likeness (QED) is 0.713. The van der Waals surface area contributed by atoms with E-state index in [4.69, 9.17) is 10.8 Å². The van der Waals surface area contributed by atoms with Crippen LogP contribution in [0.15, 0.2) is 18.2 Å². The Morgan fingerprint density at radius 1 is 1.36 bits per heavy atom. The molecule has 0 unspecified atom stereocenters. The minimum atomic E-state index is -4.57. The van der Waals surface area contributed by atoms with Gasteiger partial charge >= 0.3 is 6.18 Å². The Kier molecular flexibility index (Phi) is 2.66. The first-order valence-corrected chi connectivity index (χ1v) is 3.93. The number of aromatic hydroxyl groups is 1. The molecular formula is C8H6F3NOS. The third-order valence-corrected chi connectivity index (χ3v) is 1.79. The normalized spacial score (nSPS) is 11.4. The molecule has 0 aliphatic heterocycles. The van der Waals surface area contributed by atoms with Crippen LogP contribution in [-0.4, -0.2) is 10.1 Å². The first-order chi connectivity index (χ1) is 6.32. The van der Waals surface area contributed by atoms with Crippen LogP contribution in [0, 0.1) is 0 Å². The lowest BCUT2D eigenvalue weighted by Crippen LogP contribution is -2.17. The van der Waals surface area contributed by atoms with Crippen molar-refractivity contribution in [2.45, 2.75) is 6.18 Å². The van der Waals surface area contributed by atoms with Gasteiger partial charge in [-0.1, -0.05) is 12.2 Å². The summed E-state index contributed by atoms with van der Waals surface area (Å²) in [4.78, 5) is -0.350.